The highest BCUT2D eigenvalue weighted by atomic mass is 35.5. The highest BCUT2D eigenvalue weighted by Gasteiger charge is 2.11. The van der Waals surface area contributed by atoms with E-state index in [-0.39, 0.29) is 23.1 Å². The summed E-state index contributed by atoms with van der Waals surface area (Å²) in [7, 11) is 0. The van der Waals surface area contributed by atoms with Gasteiger partial charge in [-0.15, -0.1) is 0 Å². The van der Waals surface area contributed by atoms with Gasteiger partial charge >= 0.3 is 5.97 Å². The lowest BCUT2D eigenvalue weighted by atomic mass is 10.2. The van der Waals surface area contributed by atoms with Crippen molar-refractivity contribution in [2.24, 2.45) is 0 Å². The standard InChI is InChI=1S/C12H9ClN2O4/c13-10-2-1-9(19-10)11(16)15-6-8-5-7(12(17)18)3-4-14-8/h1-5H,6H2,(H,15,16)(H,17,18). The molecule has 0 aliphatic carbocycles. The van der Waals surface area contributed by atoms with Gasteiger partial charge in [0.25, 0.3) is 5.91 Å². The van der Waals surface area contributed by atoms with E-state index >= 15 is 0 Å². The number of aromatic carboxylic acids is 1. The first-order valence-corrected chi connectivity index (χ1v) is 5.66. The van der Waals surface area contributed by atoms with Gasteiger partial charge in [-0.3, -0.25) is 9.78 Å². The third-order valence-corrected chi connectivity index (χ3v) is 2.49. The monoisotopic (exact) mass is 280 g/mol. The summed E-state index contributed by atoms with van der Waals surface area (Å²) in [6.07, 6.45) is 1.37. The van der Waals surface area contributed by atoms with Crippen LogP contribution in [0.4, 0.5) is 0 Å². The molecule has 7 heteroatoms. The summed E-state index contributed by atoms with van der Waals surface area (Å²) in [5.74, 6) is -1.42. The Bertz CT molecular complexity index is 624. The van der Waals surface area contributed by atoms with Crippen molar-refractivity contribution in [1.82, 2.24) is 10.3 Å². The number of carboxylic acids is 1. The molecule has 0 saturated heterocycles. The van der Waals surface area contributed by atoms with E-state index in [0.717, 1.165) is 0 Å². The zero-order chi connectivity index (χ0) is 13.8. The van der Waals surface area contributed by atoms with Gasteiger partial charge in [0.15, 0.2) is 11.0 Å². The Morgan fingerprint density at radius 2 is 2.16 bits per heavy atom. The van der Waals surface area contributed by atoms with Crippen LogP contribution in [0.1, 0.15) is 26.6 Å². The van der Waals surface area contributed by atoms with E-state index in [9.17, 15) is 9.59 Å². The van der Waals surface area contributed by atoms with Crippen LogP contribution in [-0.4, -0.2) is 22.0 Å². The van der Waals surface area contributed by atoms with Crippen molar-refractivity contribution in [2.75, 3.05) is 0 Å². The SMILES string of the molecule is O=C(O)c1ccnc(CNC(=O)c2ccc(Cl)o2)c1. The average Bonchev–Trinajstić information content (AvgIpc) is 2.83. The van der Waals surface area contributed by atoms with Crippen LogP contribution in [0.15, 0.2) is 34.9 Å². The smallest absolute Gasteiger partial charge is 0.335 e. The topological polar surface area (TPSA) is 92.4 Å². The Labute approximate surface area is 113 Å². The summed E-state index contributed by atoms with van der Waals surface area (Å²) in [6.45, 7) is 0.0955. The van der Waals surface area contributed by atoms with Gasteiger partial charge in [0.05, 0.1) is 17.8 Å². The quantitative estimate of drug-likeness (QED) is 0.893. The van der Waals surface area contributed by atoms with Crippen LogP contribution in [0.2, 0.25) is 5.22 Å². The van der Waals surface area contributed by atoms with E-state index in [1.807, 2.05) is 0 Å². The lowest BCUT2D eigenvalue weighted by molar-refractivity contribution is 0.0696. The number of furan rings is 1. The number of amides is 1. The second-order valence-electron chi connectivity index (χ2n) is 3.63. The van der Waals surface area contributed by atoms with Gasteiger partial charge in [0.1, 0.15) is 0 Å². The minimum Gasteiger partial charge on any atom is -0.478 e. The van der Waals surface area contributed by atoms with Crippen molar-refractivity contribution in [2.45, 2.75) is 6.54 Å². The number of carbonyl (C=O) groups excluding carboxylic acids is 1. The first kappa shape index (κ1) is 13.1. The molecule has 2 heterocycles. The van der Waals surface area contributed by atoms with Crippen molar-refractivity contribution in [3.63, 3.8) is 0 Å². The Kier molecular flexibility index (Phi) is 3.82. The van der Waals surface area contributed by atoms with Crippen LogP contribution in [0.3, 0.4) is 0 Å². The molecule has 0 radical (unpaired) electrons. The molecule has 0 unspecified atom stereocenters. The van der Waals surface area contributed by atoms with Crippen molar-refractivity contribution in [3.8, 4) is 0 Å². The molecule has 2 N–H and O–H groups in total. The molecule has 0 saturated carbocycles. The fourth-order valence-electron chi connectivity index (χ4n) is 1.40. The van der Waals surface area contributed by atoms with Crippen LogP contribution in [0, 0.1) is 0 Å². The Balaban J connectivity index is 2.01. The molecule has 1 amide bonds. The zero-order valence-corrected chi connectivity index (χ0v) is 10.3. The van der Waals surface area contributed by atoms with Gasteiger partial charge in [-0.1, -0.05) is 0 Å². The number of nitrogens with one attached hydrogen (secondary N) is 1. The van der Waals surface area contributed by atoms with E-state index in [2.05, 4.69) is 10.3 Å². The molecule has 6 nitrogen and oxygen atoms in total. The lowest BCUT2D eigenvalue weighted by Gasteiger charge is -2.03. The molecule has 2 rings (SSSR count). The number of hydrogen-bond donors (Lipinski definition) is 2. The van der Waals surface area contributed by atoms with Crippen LogP contribution in [-0.2, 0) is 6.54 Å². The van der Waals surface area contributed by atoms with Crippen LogP contribution >= 0.6 is 11.6 Å². The maximum atomic E-state index is 11.6. The lowest BCUT2D eigenvalue weighted by Crippen LogP contribution is -2.23. The zero-order valence-electron chi connectivity index (χ0n) is 9.59. The van der Waals surface area contributed by atoms with Gasteiger partial charge < -0.3 is 14.8 Å². The largest absolute Gasteiger partial charge is 0.478 e. The summed E-state index contributed by atoms with van der Waals surface area (Å²) in [6, 6.07) is 5.66. The maximum absolute atomic E-state index is 11.6. The van der Waals surface area contributed by atoms with Crippen LogP contribution in [0.25, 0.3) is 0 Å². The molecule has 0 spiro atoms. The molecule has 0 fully saturated rings. The Hall–Kier alpha value is -2.34. The molecule has 98 valence electrons. The highest BCUT2D eigenvalue weighted by molar-refractivity contribution is 6.29. The molecule has 19 heavy (non-hydrogen) atoms. The highest BCUT2D eigenvalue weighted by Crippen LogP contribution is 2.13. The minimum absolute atomic E-state index is 0.0828. The van der Waals surface area contributed by atoms with Crippen molar-refractivity contribution >= 4 is 23.5 Å². The van der Waals surface area contributed by atoms with Gasteiger partial charge in [-0.25, -0.2) is 4.79 Å². The summed E-state index contributed by atoms with van der Waals surface area (Å²) in [5.41, 5.74) is 0.547. The summed E-state index contributed by atoms with van der Waals surface area (Å²) in [4.78, 5) is 26.4. The maximum Gasteiger partial charge on any atom is 0.335 e. The number of rotatable bonds is 4. The van der Waals surface area contributed by atoms with Gasteiger partial charge in [-0.2, -0.15) is 0 Å². The average molecular weight is 281 g/mol. The molecule has 0 aromatic carbocycles. The number of aromatic nitrogens is 1. The first-order chi connectivity index (χ1) is 9.06. The third-order valence-electron chi connectivity index (χ3n) is 2.29. The normalized spacial score (nSPS) is 10.2. The molecule has 2 aromatic heterocycles. The number of halogens is 1. The second kappa shape index (κ2) is 5.53. The first-order valence-electron chi connectivity index (χ1n) is 5.28. The second-order valence-corrected chi connectivity index (χ2v) is 4.00. The fraction of sp³-hybridized carbons (Fsp3) is 0.0833. The fourth-order valence-corrected chi connectivity index (χ4v) is 1.55. The molecule has 0 bridgehead atoms. The van der Waals surface area contributed by atoms with E-state index < -0.39 is 11.9 Å². The summed E-state index contributed by atoms with van der Waals surface area (Å²) in [5, 5.41) is 11.5. The van der Waals surface area contributed by atoms with Crippen LogP contribution < -0.4 is 5.32 Å². The third kappa shape index (κ3) is 3.32. The molecular formula is C12H9ClN2O4. The molecular weight excluding hydrogens is 272 g/mol. The predicted octanol–water partition coefficient (Wildman–Crippen LogP) is 1.96. The summed E-state index contributed by atoms with van der Waals surface area (Å²) < 4.78 is 4.93. The molecule has 0 aliphatic heterocycles. The molecule has 0 aliphatic rings. The van der Waals surface area contributed by atoms with Gasteiger partial charge in [0.2, 0.25) is 0 Å². The number of pyridine rings is 1. The number of nitrogens with zero attached hydrogens (tertiary/aromatic N) is 1. The summed E-state index contributed by atoms with van der Waals surface area (Å²) >= 11 is 5.55. The van der Waals surface area contributed by atoms with Crippen molar-refractivity contribution in [3.05, 3.63) is 52.7 Å². The van der Waals surface area contributed by atoms with Gasteiger partial charge in [0, 0.05) is 6.20 Å². The molecule has 2 aromatic rings. The van der Waals surface area contributed by atoms with E-state index in [0.29, 0.717) is 5.69 Å². The van der Waals surface area contributed by atoms with E-state index in [1.54, 1.807) is 0 Å². The van der Waals surface area contributed by atoms with E-state index in [1.165, 1.54) is 30.5 Å². The Morgan fingerprint density at radius 3 is 2.79 bits per heavy atom. The number of hydrogen-bond acceptors (Lipinski definition) is 4. The number of carbonyl (C=O) groups is 2. The van der Waals surface area contributed by atoms with Crippen molar-refractivity contribution < 1.29 is 19.1 Å². The molecule has 0 atom stereocenters. The Morgan fingerprint density at radius 1 is 1.37 bits per heavy atom. The predicted molar refractivity (Wildman–Crippen MR) is 66.1 cm³/mol. The number of carboxylic acid groups (broad SMARTS) is 1. The van der Waals surface area contributed by atoms with Gasteiger partial charge in [-0.05, 0) is 35.9 Å². The van der Waals surface area contributed by atoms with E-state index in [4.69, 9.17) is 21.1 Å². The van der Waals surface area contributed by atoms with Crippen molar-refractivity contribution in [1.29, 1.82) is 0 Å². The minimum atomic E-state index is -1.05. The van der Waals surface area contributed by atoms with Crippen LogP contribution in [0.5, 0.6) is 0 Å².